The number of hydrogen-bond donors (Lipinski definition) is 1. The molecule has 0 atom stereocenters. The first-order chi connectivity index (χ1) is 8.58. The fourth-order valence-corrected chi connectivity index (χ4v) is 1.65. The summed E-state index contributed by atoms with van der Waals surface area (Å²) < 4.78 is 7.53. The average molecular weight is 260 g/mol. The Morgan fingerprint density at radius 2 is 2.28 bits per heavy atom. The van der Waals surface area contributed by atoms with Gasteiger partial charge in [-0.1, -0.05) is 12.6 Å². The minimum atomic E-state index is -0.440. The van der Waals surface area contributed by atoms with Crippen LogP contribution in [0.1, 0.15) is 6.92 Å². The molecule has 1 aromatic heterocycles. The van der Waals surface area contributed by atoms with E-state index in [0.29, 0.717) is 16.1 Å². The van der Waals surface area contributed by atoms with E-state index in [0.717, 1.165) is 5.69 Å². The number of H-pyrrole nitrogens is 1. The van der Waals surface area contributed by atoms with E-state index in [1.807, 2.05) is 12.3 Å². The SMILES string of the molecule is C=C(C)C(=O)Oc1cccc(-n2cc[nH]c2=S)c1. The summed E-state index contributed by atoms with van der Waals surface area (Å²) in [6, 6.07) is 7.12. The lowest BCUT2D eigenvalue weighted by atomic mass is 10.3. The molecule has 0 saturated carbocycles. The van der Waals surface area contributed by atoms with Crippen molar-refractivity contribution < 1.29 is 9.53 Å². The number of nitrogens with zero attached hydrogens (tertiary/aromatic N) is 1. The fourth-order valence-electron chi connectivity index (χ4n) is 1.41. The molecule has 0 unspecified atom stereocenters. The summed E-state index contributed by atoms with van der Waals surface area (Å²) >= 11 is 5.13. The van der Waals surface area contributed by atoms with Crippen molar-refractivity contribution in [1.29, 1.82) is 0 Å². The van der Waals surface area contributed by atoms with Gasteiger partial charge in [0.25, 0.3) is 0 Å². The van der Waals surface area contributed by atoms with Crippen LogP contribution in [0.5, 0.6) is 5.75 Å². The quantitative estimate of drug-likeness (QED) is 0.399. The molecule has 0 aliphatic rings. The van der Waals surface area contributed by atoms with Gasteiger partial charge in [-0.2, -0.15) is 0 Å². The van der Waals surface area contributed by atoms with E-state index in [-0.39, 0.29) is 0 Å². The van der Waals surface area contributed by atoms with E-state index in [1.54, 1.807) is 35.9 Å². The third-order valence-corrected chi connectivity index (χ3v) is 2.62. The van der Waals surface area contributed by atoms with Gasteiger partial charge >= 0.3 is 5.97 Å². The van der Waals surface area contributed by atoms with Gasteiger partial charge < -0.3 is 9.72 Å². The number of benzene rings is 1. The molecule has 92 valence electrons. The van der Waals surface area contributed by atoms with Crippen molar-refractivity contribution in [1.82, 2.24) is 9.55 Å². The van der Waals surface area contributed by atoms with E-state index in [2.05, 4.69) is 11.6 Å². The first kappa shape index (κ1) is 12.3. The number of ether oxygens (including phenoxy) is 1. The highest BCUT2D eigenvalue weighted by molar-refractivity contribution is 7.71. The molecule has 4 nitrogen and oxygen atoms in total. The highest BCUT2D eigenvalue weighted by atomic mass is 32.1. The minimum Gasteiger partial charge on any atom is -0.423 e. The van der Waals surface area contributed by atoms with Crippen LogP contribution >= 0.6 is 12.2 Å². The molecule has 1 heterocycles. The minimum absolute atomic E-state index is 0.360. The normalized spacial score (nSPS) is 10.1. The Morgan fingerprint density at radius 3 is 2.89 bits per heavy atom. The molecule has 0 bridgehead atoms. The Balaban J connectivity index is 2.31. The van der Waals surface area contributed by atoms with Gasteiger partial charge in [0, 0.05) is 24.0 Å². The van der Waals surface area contributed by atoms with Crippen LogP contribution < -0.4 is 4.74 Å². The van der Waals surface area contributed by atoms with Crippen molar-refractivity contribution >= 4 is 18.2 Å². The summed E-state index contributed by atoms with van der Waals surface area (Å²) in [6.07, 6.45) is 3.55. The topological polar surface area (TPSA) is 47.0 Å². The van der Waals surface area contributed by atoms with Crippen LogP contribution in [-0.2, 0) is 4.79 Å². The van der Waals surface area contributed by atoms with Gasteiger partial charge in [0.2, 0.25) is 0 Å². The standard InChI is InChI=1S/C13H12N2O2S/c1-9(2)12(16)17-11-5-3-4-10(8-11)15-7-6-14-13(15)18/h3-8H,1H2,2H3,(H,14,18). The Bertz CT molecular complexity index is 655. The van der Waals surface area contributed by atoms with Crippen LogP contribution in [0.15, 0.2) is 48.8 Å². The molecule has 0 fully saturated rings. The predicted octanol–water partition coefficient (Wildman–Crippen LogP) is 3.02. The number of aromatic amines is 1. The van der Waals surface area contributed by atoms with Gasteiger partial charge in [0.15, 0.2) is 4.77 Å². The number of aromatic nitrogens is 2. The Hall–Kier alpha value is -2.14. The zero-order chi connectivity index (χ0) is 13.1. The molecule has 0 amide bonds. The molecule has 0 saturated heterocycles. The summed E-state index contributed by atoms with van der Waals surface area (Å²) in [5.74, 6) is 0.0217. The van der Waals surface area contributed by atoms with Crippen molar-refractivity contribution in [3.63, 3.8) is 0 Å². The molecule has 2 aromatic rings. The van der Waals surface area contributed by atoms with Crippen molar-refractivity contribution in [3.05, 3.63) is 53.6 Å². The van der Waals surface area contributed by atoms with Crippen LogP contribution in [0.25, 0.3) is 5.69 Å². The van der Waals surface area contributed by atoms with E-state index < -0.39 is 5.97 Å². The maximum atomic E-state index is 11.4. The van der Waals surface area contributed by atoms with Crippen LogP contribution in [0, 0.1) is 4.77 Å². The first-order valence-electron chi connectivity index (χ1n) is 5.32. The third-order valence-electron chi connectivity index (χ3n) is 2.30. The lowest BCUT2D eigenvalue weighted by Gasteiger charge is -2.06. The van der Waals surface area contributed by atoms with Gasteiger partial charge in [-0.15, -0.1) is 0 Å². The van der Waals surface area contributed by atoms with E-state index in [1.165, 1.54) is 0 Å². The van der Waals surface area contributed by atoms with Crippen molar-refractivity contribution in [3.8, 4) is 11.4 Å². The zero-order valence-corrected chi connectivity index (χ0v) is 10.7. The molecule has 1 N–H and O–H groups in total. The lowest BCUT2D eigenvalue weighted by Crippen LogP contribution is -2.08. The summed E-state index contributed by atoms with van der Waals surface area (Å²) in [6.45, 7) is 5.14. The molecule has 18 heavy (non-hydrogen) atoms. The monoisotopic (exact) mass is 260 g/mol. The number of rotatable bonds is 3. The van der Waals surface area contributed by atoms with Gasteiger partial charge in [0.05, 0.1) is 5.69 Å². The molecule has 0 radical (unpaired) electrons. The number of nitrogens with one attached hydrogen (secondary N) is 1. The van der Waals surface area contributed by atoms with Crippen LogP contribution in [0.3, 0.4) is 0 Å². The Labute approximate surface area is 110 Å². The number of carbonyl (C=O) groups excluding carboxylic acids is 1. The maximum absolute atomic E-state index is 11.4. The highest BCUT2D eigenvalue weighted by Gasteiger charge is 2.06. The molecular weight excluding hydrogens is 248 g/mol. The van der Waals surface area contributed by atoms with Gasteiger partial charge in [-0.25, -0.2) is 4.79 Å². The Kier molecular flexibility index (Phi) is 3.43. The smallest absolute Gasteiger partial charge is 0.338 e. The lowest BCUT2D eigenvalue weighted by molar-refractivity contribution is -0.130. The number of imidazole rings is 1. The second-order valence-corrected chi connectivity index (χ2v) is 4.19. The second-order valence-electron chi connectivity index (χ2n) is 3.80. The number of esters is 1. The van der Waals surface area contributed by atoms with E-state index >= 15 is 0 Å². The highest BCUT2D eigenvalue weighted by Crippen LogP contribution is 2.17. The van der Waals surface area contributed by atoms with Crippen molar-refractivity contribution in [2.75, 3.05) is 0 Å². The molecule has 5 heteroatoms. The molecule has 0 aliphatic heterocycles. The van der Waals surface area contributed by atoms with Crippen LogP contribution in [0.4, 0.5) is 0 Å². The summed E-state index contributed by atoms with van der Waals surface area (Å²) in [5, 5.41) is 0. The molecule has 1 aromatic carbocycles. The largest absolute Gasteiger partial charge is 0.423 e. The molecule has 0 spiro atoms. The summed E-state index contributed by atoms with van der Waals surface area (Å²) in [5.41, 5.74) is 1.19. The van der Waals surface area contributed by atoms with Gasteiger partial charge in [0.1, 0.15) is 5.75 Å². The Morgan fingerprint density at radius 1 is 1.50 bits per heavy atom. The third kappa shape index (κ3) is 2.57. The number of hydrogen-bond acceptors (Lipinski definition) is 3. The second kappa shape index (κ2) is 5.01. The molecule has 2 rings (SSSR count). The van der Waals surface area contributed by atoms with Crippen LogP contribution in [-0.4, -0.2) is 15.5 Å². The van der Waals surface area contributed by atoms with Crippen LogP contribution in [0.2, 0.25) is 0 Å². The molecular formula is C13H12N2O2S. The van der Waals surface area contributed by atoms with E-state index in [4.69, 9.17) is 17.0 Å². The maximum Gasteiger partial charge on any atom is 0.338 e. The van der Waals surface area contributed by atoms with Gasteiger partial charge in [-0.05, 0) is 31.3 Å². The van der Waals surface area contributed by atoms with Crippen molar-refractivity contribution in [2.45, 2.75) is 6.92 Å². The fraction of sp³-hybridized carbons (Fsp3) is 0.0769. The molecule has 0 aliphatic carbocycles. The van der Waals surface area contributed by atoms with E-state index in [9.17, 15) is 4.79 Å². The van der Waals surface area contributed by atoms with Crippen molar-refractivity contribution in [2.24, 2.45) is 0 Å². The summed E-state index contributed by atoms with van der Waals surface area (Å²) in [4.78, 5) is 14.3. The van der Waals surface area contributed by atoms with Gasteiger partial charge in [-0.3, -0.25) is 4.57 Å². The zero-order valence-electron chi connectivity index (χ0n) is 9.84. The number of carbonyl (C=O) groups is 1. The summed E-state index contributed by atoms with van der Waals surface area (Å²) in [7, 11) is 0. The average Bonchev–Trinajstić information content (AvgIpc) is 2.75. The predicted molar refractivity (Wildman–Crippen MR) is 71.4 cm³/mol. The first-order valence-corrected chi connectivity index (χ1v) is 5.73.